The van der Waals surface area contributed by atoms with Crippen LogP contribution in [0.15, 0.2) is 30.5 Å². The van der Waals surface area contributed by atoms with Crippen LogP contribution in [0.25, 0.3) is 0 Å². The Labute approximate surface area is 146 Å². The van der Waals surface area contributed by atoms with Crippen LogP contribution in [0.3, 0.4) is 0 Å². The number of nitrogens with one attached hydrogen (secondary N) is 1. The predicted molar refractivity (Wildman–Crippen MR) is 93.4 cm³/mol. The van der Waals surface area contributed by atoms with Crippen molar-refractivity contribution in [2.75, 3.05) is 11.9 Å². The summed E-state index contributed by atoms with van der Waals surface area (Å²) in [6.07, 6.45) is 2.19. The fraction of sp³-hybridized carbons (Fsp3) is 0.389. The van der Waals surface area contributed by atoms with E-state index in [2.05, 4.69) is 10.4 Å². The Kier molecular flexibility index (Phi) is 4.24. The van der Waals surface area contributed by atoms with Gasteiger partial charge < -0.3 is 15.8 Å². The Hall–Kier alpha value is -2.83. The molecule has 0 saturated heterocycles. The summed E-state index contributed by atoms with van der Waals surface area (Å²) in [7, 11) is 0. The van der Waals surface area contributed by atoms with Gasteiger partial charge >= 0.3 is 0 Å². The van der Waals surface area contributed by atoms with Crippen LogP contribution < -0.4 is 15.8 Å². The Morgan fingerprint density at radius 2 is 2.04 bits per heavy atom. The number of primary amides is 1. The SMILES string of the molecule is CC(C)(C)n1ncc2c1NC(=O)C[C@H]2c1ccc(OCC(N)=O)cc1. The first-order chi connectivity index (χ1) is 11.8. The Balaban J connectivity index is 1.90. The molecule has 0 aliphatic carbocycles. The van der Waals surface area contributed by atoms with Crippen molar-refractivity contribution in [3.8, 4) is 5.75 Å². The molecule has 2 amide bonds. The summed E-state index contributed by atoms with van der Waals surface area (Å²) < 4.78 is 7.12. The van der Waals surface area contributed by atoms with Crippen molar-refractivity contribution >= 4 is 17.6 Å². The summed E-state index contributed by atoms with van der Waals surface area (Å²) in [5, 5.41) is 7.42. The minimum Gasteiger partial charge on any atom is -0.484 e. The first-order valence-corrected chi connectivity index (χ1v) is 8.15. The van der Waals surface area contributed by atoms with E-state index >= 15 is 0 Å². The van der Waals surface area contributed by atoms with Crippen molar-refractivity contribution in [3.05, 3.63) is 41.6 Å². The highest BCUT2D eigenvalue weighted by molar-refractivity contribution is 5.94. The van der Waals surface area contributed by atoms with Gasteiger partial charge in [0.1, 0.15) is 11.6 Å². The maximum atomic E-state index is 12.2. The van der Waals surface area contributed by atoms with E-state index in [1.165, 1.54) is 0 Å². The van der Waals surface area contributed by atoms with Crippen LogP contribution in [0, 0.1) is 0 Å². The standard InChI is InChI=1S/C18H22N4O3/c1-18(2,3)22-17-14(9-20-22)13(8-16(24)21-17)11-4-6-12(7-5-11)25-10-15(19)23/h4-7,9,13H,8,10H2,1-3H3,(H2,19,23)(H,21,24)/t13-/m0/s1. The number of ether oxygens (including phenoxy) is 1. The summed E-state index contributed by atoms with van der Waals surface area (Å²) in [5.74, 6) is 0.700. The molecule has 132 valence electrons. The molecule has 2 aromatic rings. The van der Waals surface area contributed by atoms with Gasteiger partial charge in [0.05, 0.1) is 11.7 Å². The number of benzene rings is 1. The number of amides is 2. The molecule has 0 saturated carbocycles. The zero-order valence-electron chi connectivity index (χ0n) is 14.6. The van der Waals surface area contributed by atoms with E-state index in [0.29, 0.717) is 12.2 Å². The fourth-order valence-corrected chi connectivity index (χ4v) is 2.98. The summed E-state index contributed by atoms with van der Waals surface area (Å²) in [6, 6.07) is 7.35. The monoisotopic (exact) mass is 342 g/mol. The van der Waals surface area contributed by atoms with E-state index < -0.39 is 5.91 Å². The van der Waals surface area contributed by atoms with Crippen molar-refractivity contribution < 1.29 is 14.3 Å². The molecule has 7 heteroatoms. The van der Waals surface area contributed by atoms with E-state index in [0.717, 1.165) is 16.9 Å². The van der Waals surface area contributed by atoms with Gasteiger partial charge in [-0.15, -0.1) is 0 Å². The second-order valence-corrected chi connectivity index (χ2v) is 7.16. The third kappa shape index (κ3) is 3.50. The zero-order chi connectivity index (χ0) is 18.2. The number of hydrogen-bond donors (Lipinski definition) is 2. The van der Waals surface area contributed by atoms with Crippen LogP contribution in [0.1, 0.15) is 44.2 Å². The number of carbonyl (C=O) groups excluding carboxylic acids is 2. The molecule has 7 nitrogen and oxygen atoms in total. The molecule has 25 heavy (non-hydrogen) atoms. The molecule has 3 rings (SSSR count). The molecule has 0 radical (unpaired) electrons. The van der Waals surface area contributed by atoms with E-state index in [4.69, 9.17) is 10.5 Å². The fourth-order valence-electron chi connectivity index (χ4n) is 2.98. The van der Waals surface area contributed by atoms with Gasteiger partial charge in [0.15, 0.2) is 6.61 Å². The predicted octanol–water partition coefficient (Wildman–Crippen LogP) is 1.98. The summed E-state index contributed by atoms with van der Waals surface area (Å²) >= 11 is 0. The van der Waals surface area contributed by atoms with Crippen LogP contribution in [-0.2, 0) is 15.1 Å². The first kappa shape index (κ1) is 17.0. The van der Waals surface area contributed by atoms with Crippen LogP contribution in [0.4, 0.5) is 5.82 Å². The molecule has 1 aromatic carbocycles. The van der Waals surface area contributed by atoms with Gasteiger partial charge in [-0.1, -0.05) is 12.1 Å². The Bertz CT molecular complexity index is 803. The number of nitrogens with zero attached hydrogens (tertiary/aromatic N) is 2. The van der Waals surface area contributed by atoms with Crippen LogP contribution >= 0.6 is 0 Å². The number of nitrogens with two attached hydrogens (primary N) is 1. The largest absolute Gasteiger partial charge is 0.484 e. The Morgan fingerprint density at radius 3 is 2.64 bits per heavy atom. The van der Waals surface area contributed by atoms with E-state index in [9.17, 15) is 9.59 Å². The van der Waals surface area contributed by atoms with Gasteiger partial charge in [-0.25, -0.2) is 4.68 Å². The lowest BCUT2D eigenvalue weighted by Gasteiger charge is -2.28. The quantitative estimate of drug-likeness (QED) is 0.887. The number of carbonyl (C=O) groups is 2. The topological polar surface area (TPSA) is 99.2 Å². The maximum absolute atomic E-state index is 12.2. The highest BCUT2D eigenvalue weighted by Crippen LogP contribution is 2.39. The van der Waals surface area contributed by atoms with Gasteiger partial charge in [-0.3, -0.25) is 9.59 Å². The maximum Gasteiger partial charge on any atom is 0.255 e. The molecule has 1 atom stereocenters. The van der Waals surface area contributed by atoms with Crippen molar-refractivity contribution in [3.63, 3.8) is 0 Å². The second kappa shape index (κ2) is 6.23. The van der Waals surface area contributed by atoms with Gasteiger partial charge in [0.2, 0.25) is 5.91 Å². The van der Waals surface area contributed by atoms with E-state index in [1.54, 1.807) is 12.1 Å². The third-order valence-electron chi connectivity index (χ3n) is 4.12. The molecule has 1 aromatic heterocycles. The van der Waals surface area contributed by atoms with Gasteiger partial charge in [-0.2, -0.15) is 5.10 Å². The first-order valence-electron chi connectivity index (χ1n) is 8.15. The molecule has 1 aliphatic heterocycles. The Morgan fingerprint density at radius 1 is 1.36 bits per heavy atom. The van der Waals surface area contributed by atoms with Crippen molar-refractivity contribution in [1.29, 1.82) is 0 Å². The molecule has 2 heterocycles. The number of anilines is 1. The van der Waals surface area contributed by atoms with Gasteiger partial charge in [-0.05, 0) is 38.5 Å². The number of fused-ring (bicyclic) bond motifs is 1. The zero-order valence-corrected chi connectivity index (χ0v) is 14.6. The number of aromatic nitrogens is 2. The van der Waals surface area contributed by atoms with Gasteiger partial charge in [0.25, 0.3) is 5.91 Å². The number of rotatable bonds is 4. The molecular weight excluding hydrogens is 320 g/mol. The normalized spacial score (nSPS) is 16.9. The average molecular weight is 342 g/mol. The minimum atomic E-state index is -0.521. The van der Waals surface area contributed by atoms with Crippen LogP contribution in [-0.4, -0.2) is 28.2 Å². The van der Waals surface area contributed by atoms with Gasteiger partial charge in [0, 0.05) is 17.9 Å². The number of hydrogen-bond acceptors (Lipinski definition) is 4. The molecule has 3 N–H and O–H groups in total. The summed E-state index contributed by atoms with van der Waals surface area (Å²) in [4.78, 5) is 23.0. The van der Waals surface area contributed by atoms with Crippen molar-refractivity contribution in [1.82, 2.24) is 9.78 Å². The molecule has 0 unspecified atom stereocenters. The van der Waals surface area contributed by atoms with E-state index in [1.807, 2.05) is 43.8 Å². The highest BCUT2D eigenvalue weighted by atomic mass is 16.5. The minimum absolute atomic E-state index is 0.0300. The summed E-state index contributed by atoms with van der Waals surface area (Å²) in [6.45, 7) is 5.97. The molecule has 0 bridgehead atoms. The van der Waals surface area contributed by atoms with Crippen LogP contribution in [0.5, 0.6) is 5.75 Å². The van der Waals surface area contributed by atoms with Crippen molar-refractivity contribution in [2.24, 2.45) is 5.73 Å². The smallest absolute Gasteiger partial charge is 0.255 e. The van der Waals surface area contributed by atoms with E-state index in [-0.39, 0.29) is 24.0 Å². The lowest BCUT2D eigenvalue weighted by atomic mass is 9.87. The lowest BCUT2D eigenvalue weighted by molar-refractivity contribution is -0.120. The summed E-state index contributed by atoms with van der Waals surface area (Å²) in [5.41, 5.74) is 6.84. The average Bonchev–Trinajstić information content (AvgIpc) is 2.96. The highest BCUT2D eigenvalue weighted by Gasteiger charge is 2.32. The second-order valence-electron chi connectivity index (χ2n) is 7.16. The lowest BCUT2D eigenvalue weighted by Crippen LogP contribution is -2.30. The van der Waals surface area contributed by atoms with Crippen LogP contribution in [0.2, 0.25) is 0 Å². The van der Waals surface area contributed by atoms with Crippen molar-refractivity contribution in [2.45, 2.75) is 38.6 Å². The molecule has 0 spiro atoms. The third-order valence-corrected chi connectivity index (χ3v) is 4.12. The molecular formula is C18H22N4O3. The molecule has 0 fully saturated rings. The molecule has 1 aliphatic rings.